The number of hydrogen-bond acceptors (Lipinski definition) is 8. The van der Waals surface area contributed by atoms with E-state index in [1.165, 1.54) is 11.8 Å². The monoisotopic (exact) mass is 570 g/mol. The Labute approximate surface area is 229 Å². The average molecular weight is 571 g/mol. The standard InChI is InChI=1S/C25H33F3N6O4S/c1-2-34-22(12-17(14-29)23(36)31-16-25(26,27)28)39-20(24(34)37)6-7-30-18-4-3-5-19(13-18)32-21(35)15-33-8-10-38-11-9-33/h3-5,13,17,20,22,30H,2,6-12,15-16H2,1H3,(H,31,36)(H,32,35). The molecular formula is C25H33F3N6O4S. The zero-order chi connectivity index (χ0) is 28.4. The lowest BCUT2D eigenvalue weighted by Crippen LogP contribution is -2.41. The van der Waals surface area contributed by atoms with Crippen molar-refractivity contribution in [3.8, 4) is 6.07 Å². The maximum atomic E-state index is 12.9. The first-order valence-electron chi connectivity index (χ1n) is 12.7. The number of nitriles is 1. The molecule has 214 valence electrons. The number of morpholine rings is 1. The van der Waals surface area contributed by atoms with Gasteiger partial charge in [-0.15, -0.1) is 11.8 Å². The molecule has 2 fully saturated rings. The molecule has 3 N–H and O–H groups in total. The summed E-state index contributed by atoms with van der Waals surface area (Å²) < 4.78 is 42.6. The van der Waals surface area contributed by atoms with Gasteiger partial charge in [-0.05, 0) is 31.5 Å². The number of amides is 3. The molecule has 0 bridgehead atoms. The molecule has 2 aliphatic rings. The van der Waals surface area contributed by atoms with Crippen molar-refractivity contribution in [2.75, 3.05) is 63.1 Å². The second-order valence-electron chi connectivity index (χ2n) is 9.19. The average Bonchev–Trinajstić information content (AvgIpc) is 3.19. The molecule has 0 radical (unpaired) electrons. The summed E-state index contributed by atoms with van der Waals surface area (Å²) in [5, 5.41) is 16.3. The van der Waals surface area contributed by atoms with Gasteiger partial charge in [-0.3, -0.25) is 19.3 Å². The van der Waals surface area contributed by atoms with E-state index in [9.17, 15) is 32.8 Å². The Morgan fingerprint density at radius 3 is 2.64 bits per heavy atom. The number of rotatable bonds is 12. The number of hydrogen-bond donors (Lipinski definition) is 3. The summed E-state index contributed by atoms with van der Waals surface area (Å²) in [5.74, 6) is -2.55. The largest absolute Gasteiger partial charge is 0.405 e. The SMILES string of the molecule is CCN1C(=O)C(CCNc2cccc(NC(=O)CN3CCOCC3)c2)SC1CC(C#N)C(=O)NCC(F)(F)F. The van der Waals surface area contributed by atoms with Crippen LogP contribution in [0.5, 0.6) is 0 Å². The number of alkyl halides is 3. The second-order valence-corrected chi connectivity index (χ2v) is 10.6. The van der Waals surface area contributed by atoms with Gasteiger partial charge in [0.25, 0.3) is 0 Å². The van der Waals surface area contributed by atoms with Gasteiger partial charge < -0.3 is 25.6 Å². The van der Waals surface area contributed by atoms with Gasteiger partial charge in [-0.25, -0.2) is 0 Å². The first kappa shape index (κ1) is 30.5. The van der Waals surface area contributed by atoms with Gasteiger partial charge in [-0.1, -0.05) is 6.07 Å². The number of nitrogens with zero attached hydrogens (tertiary/aromatic N) is 3. The van der Waals surface area contributed by atoms with Crippen LogP contribution >= 0.6 is 11.8 Å². The minimum absolute atomic E-state index is 0.0550. The van der Waals surface area contributed by atoms with Crippen LogP contribution in [0, 0.1) is 17.2 Å². The summed E-state index contributed by atoms with van der Waals surface area (Å²) >= 11 is 1.31. The topological polar surface area (TPSA) is 127 Å². The van der Waals surface area contributed by atoms with Gasteiger partial charge in [0.05, 0.1) is 36.5 Å². The van der Waals surface area contributed by atoms with E-state index in [1.54, 1.807) is 35.3 Å². The molecule has 0 saturated carbocycles. The fraction of sp³-hybridized carbons (Fsp3) is 0.600. The Balaban J connectivity index is 1.48. The van der Waals surface area contributed by atoms with Crippen molar-refractivity contribution in [3.63, 3.8) is 0 Å². The summed E-state index contributed by atoms with van der Waals surface area (Å²) in [5.41, 5.74) is 1.41. The zero-order valence-corrected chi connectivity index (χ0v) is 22.4. The lowest BCUT2D eigenvalue weighted by atomic mass is 10.1. The summed E-state index contributed by atoms with van der Waals surface area (Å²) in [6, 6.07) is 9.01. The molecule has 39 heavy (non-hydrogen) atoms. The molecular weight excluding hydrogens is 537 g/mol. The van der Waals surface area contributed by atoms with E-state index in [0.717, 1.165) is 5.69 Å². The van der Waals surface area contributed by atoms with Crippen molar-refractivity contribution in [1.29, 1.82) is 5.26 Å². The van der Waals surface area contributed by atoms with Gasteiger partial charge in [0, 0.05) is 44.0 Å². The third-order valence-electron chi connectivity index (χ3n) is 6.29. The van der Waals surface area contributed by atoms with Crippen molar-refractivity contribution in [1.82, 2.24) is 15.1 Å². The molecule has 2 saturated heterocycles. The van der Waals surface area contributed by atoms with E-state index in [0.29, 0.717) is 51.5 Å². The van der Waals surface area contributed by atoms with Gasteiger partial charge in [0.1, 0.15) is 12.5 Å². The normalized spacial score (nSPS) is 20.8. The molecule has 2 heterocycles. The predicted octanol–water partition coefficient (Wildman–Crippen LogP) is 2.26. The second kappa shape index (κ2) is 14.4. The smallest absolute Gasteiger partial charge is 0.385 e. The number of halogens is 3. The molecule has 2 aliphatic heterocycles. The van der Waals surface area contributed by atoms with Crippen molar-refractivity contribution >= 4 is 40.9 Å². The zero-order valence-electron chi connectivity index (χ0n) is 21.6. The molecule has 10 nitrogen and oxygen atoms in total. The highest BCUT2D eigenvalue weighted by Crippen LogP contribution is 2.37. The van der Waals surface area contributed by atoms with Gasteiger partial charge >= 0.3 is 6.18 Å². The molecule has 3 rings (SSSR count). The van der Waals surface area contributed by atoms with Crippen LogP contribution in [-0.4, -0.2) is 96.8 Å². The van der Waals surface area contributed by atoms with Crippen LogP contribution in [-0.2, 0) is 19.1 Å². The van der Waals surface area contributed by atoms with E-state index >= 15 is 0 Å². The molecule has 14 heteroatoms. The minimum Gasteiger partial charge on any atom is -0.385 e. The van der Waals surface area contributed by atoms with Crippen molar-refractivity contribution in [2.45, 2.75) is 36.6 Å². The van der Waals surface area contributed by atoms with Crippen LogP contribution in [0.2, 0.25) is 0 Å². The van der Waals surface area contributed by atoms with Crippen LogP contribution < -0.4 is 16.0 Å². The van der Waals surface area contributed by atoms with Gasteiger partial charge in [-0.2, -0.15) is 18.4 Å². The van der Waals surface area contributed by atoms with Gasteiger partial charge in [0.2, 0.25) is 17.7 Å². The Bertz CT molecular complexity index is 1050. The van der Waals surface area contributed by atoms with Crippen LogP contribution in [0.25, 0.3) is 0 Å². The fourth-order valence-corrected chi connectivity index (χ4v) is 5.92. The maximum Gasteiger partial charge on any atom is 0.405 e. The summed E-state index contributed by atoms with van der Waals surface area (Å²) in [6.45, 7) is 4.01. The predicted molar refractivity (Wildman–Crippen MR) is 141 cm³/mol. The molecule has 1 aromatic rings. The molecule has 1 aromatic carbocycles. The highest BCUT2D eigenvalue weighted by atomic mass is 32.2. The third kappa shape index (κ3) is 9.59. The van der Waals surface area contributed by atoms with Crippen LogP contribution in [0.1, 0.15) is 19.8 Å². The number of anilines is 2. The highest BCUT2D eigenvalue weighted by molar-refractivity contribution is 8.01. The van der Waals surface area contributed by atoms with Crippen LogP contribution in [0.4, 0.5) is 24.5 Å². The first-order chi connectivity index (χ1) is 18.6. The van der Waals surface area contributed by atoms with Crippen LogP contribution in [0.15, 0.2) is 24.3 Å². The molecule has 0 aromatic heterocycles. The molecule has 3 unspecified atom stereocenters. The summed E-state index contributed by atoms with van der Waals surface area (Å²) in [6.07, 6.45) is -4.17. The number of carbonyl (C=O) groups excluding carboxylic acids is 3. The lowest BCUT2D eigenvalue weighted by Gasteiger charge is -2.25. The highest BCUT2D eigenvalue weighted by Gasteiger charge is 2.41. The Morgan fingerprint density at radius 1 is 1.26 bits per heavy atom. The van der Waals surface area contributed by atoms with E-state index in [1.807, 2.05) is 17.0 Å². The molecule has 0 spiro atoms. The maximum absolute atomic E-state index is 12.9. The number of benzene rings is 1. The quantitative estimate of drug-likeness (QED) is 0.349. The Morgan fingerprint density at radius 2 is 1.97 bits per heavy atom. The minimum atomic E-state index is -4.57. The number of nitrogens with one attached hydrogen (secondary N) is 3. The van der Waals surface area contributed by atoms with E-state index in [2.05, 4.69) is 10.6 Å². The third-order valence-corrected chi connectivity index (χ3v) is 7.82. The van der Waals surface area contributed by atoms with E-state index in [-0.39, 0.29) is 24.8 Å². The number of thioether (sulfide) groups is 1. The fourth-order valence-electron chi connectivity index (χ4n) is 4.33. The van der Waals surface area contributed by atoms with E-state index in [4.69, 9.17) is 4.74 Å². The van der Waals surface area contributed by atoms with E-state index < -0.39 is 35.2 Å². The lowest BCUT2D eigenvalue weighted by molar-refractivity contribution is -0.140. The van der Waals surface area contributed by atoms with Crippen molar-refractivity contribution in [2.24, 2.45) is 5.92 Å². The van der Waals surface area contributed by atoms with Crippen LogP contribution in [0.3, 0.4) is 0 Å². The molecule has 3 atom stereocenters. The first-order valence-corrected chi connectivity index (χ1v) is 13.7. The van der Waals surface area contributed by atoms with Crippen molar-refractivity contribution in [3.05, 3.63) is 24.3 Å². The molecule has 0 aliphatic carbocycles. The Hall–Kier alpha value is -3.02. The summed E-state index contributed by atoms with van der Waals surface area (Å²) in [4.78, 5) is 41.0. The number of carbonyl (C=O) groups is 3. The Kier molecular flexibility index (Phi) is 11.3. The van der Waals surface area contributed by atoms with Crippen molar-refractivity contribution < 1.29 is 32.3 Å². The number of ether oxygens (including phenoxy) is 1. The van der Waals surface area contributed by atoms with Gasteiger partial charge in [0.15, 0.2) is 0 Å². The summed E-state index contributed by atoms with van der Waals surface area (Å²) in [7, 11) is 0. The molecule has 3 amide bonds.